The number of nitrogens with zero attached hydrogens (tertiary/aromatic N) is 3. The highest BCUT2D eigenvalue weighted by Crippen LogP contribution is 2.22. The van der Waals surface area contributed by atoms with Crippen molar-refractivity contribution in [2.45, 2.75) is 39.2 Å². The second-order valence-electron chi connectivity index (χ2n) is 8.70. The highest BCUT2D eigenvalue weighted by molar-refractivity contribution is 5.97. The monoisotopic (exact) mass is 405 g/mol. The van der Waals surface area contributed by atoms with Crippen molar-refractivity contribution in [3.8, 4) is 0 Å². The summed E-state index contributed by atoms with van der Waals surface area (Å²) in [5.74, 6) is 1.31. The maximum absolute atomic E-state index is 13.0. The van der Waals surface area contributed by atoms with E-state index >= 15 is 0 Å². The van der Waals surface area contributed by atoms with Gasteiger partial charge in [0.25, 0.3) is 5.91 Å². The third-order valence-electron chi connectivity index (χ3n) is 6.08. The van der Waals surface area contributed by atoms with Crippen LogP contribution in [0.5, 0.6) is 0 Å². The molecular weight excluding hydrogens is 374 g/mol. The Bertz CT molecular complexity index is 996. The van der Waals surface area contributed by atoms with E-state index < -0.39 is 0 Å². The number of hydrogen-bond acceptors (Lipinski definition) is 4. The summed E-state index contributed by atoms with van der Waals surface area (Å²) in [6.45, 7) is 7.46. The number of carbonyl (C=O) groups excluding carboxylic acids is 1. The first-order valence-electron chi connectivity index (χ1n) is 10.9. The number of oxazole rings is 1. The van der Waals surface area contributed by atoms with Gasteiger partial charge in [-0.15, -0.1) is 0 Å². The van der Waals surface area contributed by atoms with E-state index in [-0.39, 0.29) is 5.91 Å². The lowest BCUT2D eigenvalue weighted by Gasteiger charge is -2.23. The molecule has 1 saturated heterocycles. The number of aromatic nitrogens is 1. The molecule has 0 bridgehead atoms. The minimum absolute atomic E-state index is 0.0498. The molecule has 3 aromatic rings. The molecule has 30 heavy (non-hydrogen) atoms. The number of benzene rings is 2. The van der Waals surface area contributed by atoms with Gasteiger partial charge in [0, 0.05) is 38.2 Å². The summed E-state index contributed by atoms with van der Waals surface area (Å²) in [4.78, 5) is 21.9. The fraction of sp³-hybridized carbons (Fsp3) is 0.440. The molecule has 0 N–H and O–H groups in total. The quantitative estimate of drug-likeness (QED) is 0.584. The summed E-state index contributed by atoms with van der Waals surface area (Å²) in [5, 5.41) is 0. The van der Waals surface area contributed by atoms with Crippen molar-refractivity contribution < 1.29 is 9.21 Å². The second kappa shape index (κ2) is 9.00. The van der Waals surface area contributed by atoms with Crippen LogP contribution in [0.4, 0.5) is 0 Å². The Morgan fingerprint density at radius 3 is 2.73 bits per heavy atom. The van der Waals surface area contributed by atoms with E-state index in [0.29, 0.717) is 23.4 Å². The molecule has 0 unspecified atom stereocenters. The van der Waals surface area contributed by atoms with E-state index in [1.807, 2.05) is 48.3 Å². The number of carbonyl (C=O) groups is 1. The molecule has 5 heteroatoms. The Hall–Kier alpha value is -2.66. The van der Waals surface area contributed by atoms with Crippen LogP contribution >= 0.6 is 0 Å². The Morgan fingerprint density at radius 1 is 1.20 bits per heavy atom. The third kappa shape index (κ3) is 4.73. The van der Waals surface area contributed by atoms with E-state index in [1.165, 1.54) is 5.56 Å². The van der Waals surface area contributed by atoms with Crippen LogP contribution in [0, 0.1) is 5.92 Å². The third-order valence-corrected chi connectivity index (χ3v) is 6.08. The molecule has 1 atom stereocenters. The predicted molar refractivity (Wildman–Crippen MR) is 120 cm³/mol. The standard InChI is InChI=1S/C25H31N3O2/c1-18(2)28-14-13-20(17-28)16-27(3)25(29)21-10-11-23-22(15-21)26-24(30-23)12-9-19-7-5-4-6-8-19/h4-8,10-11,15,18,20H,9,12-14,16-17H2,1-3H3/t20-/m1/s1. The smallest absolute Gasteiger partial charge is 0.253 e. The highest BCUT2D eigenvalue weighted by Gasteiger charge is 2.26. The zero-order valence-corrected chi connectivity index (χ0v) is 18.2. The van der Waals surface area contributed by atoms with Gasteiger partial charge in [-0.05, 0) is 62.9 Å². The predicted octanol–water partition coefficient (Wildman–Crippen LogP) is 4.42. The van der Waals surface area contributed by atoms with Crippen molar-refractivity contribution in [3.63, 3.8) is 0 Å². The van der Waals surface area contributed by atoms with E-state index in [0.717, 1.165) is 50.0 Å². The van der Waals surface area contributed by atoms with Crippen LogP contribution in [-0.4, -0.2) is 53.4 Å². The first kappa shape index (κ1) is 20.6. The molecule has 1 aliphatic heterocycles. The first-order valence-corrected chi connectivity index (χ1v) is 10.9. The summed E-state index contributed by atoms with van der Waals surface area (Å²) in [6, 6.07) is 16.5. The average Bonchev–Trinajstić information content (AvgIpc) is 3.38. The summed E-state index contributed by atoms with van der Waals surface area (Å²) >= 11 is 0. The molecule has 5 nitrogen and oxygen atoms in total. The maximum Gasteiger partial charge on any atom is 0.253 e. The number of hydrogen-bond donors (Lipinski definition) is 0. The molecular formula is C25H31N3O2. The average molecular weight is 406 g/mol. The molecule has 1 fully saturated rings. The summed E-state index contributed by atoms with van der Waals surface area (Å²) in [6.07, 6.45) is 2.79. The molecule has 158 valence electrons. The topological polar surface area (TPSA) is 49.6 Å². The zero-order valence-electron chi connectivity index (χ0n) is 18.2. The van der Waals surface area contributed by atoms with Gasteiger partial charge in [0.15, 0.2) is 11.5 Å². The highest BCUT2D eigenvalue weighted by atomic mass is 16.3. The molecule has 0 radical (unpaired) electrons. The van der Waals surface area contributed by atoms with Gasteiger partial charge < -0.3 is 14.2 Å². The normalized spacial score (nSPS) is 17.1. The van der Waals surface area contributed by atoms with Crippen molar-refractivity contribution in [2.24, 2.45) is 5.92 Å². The Labute approximate surface area is 178 Å². The molecule has 2 heterocycles. The second-order valence-corrected chi connectivity index (χ2v) is 8.70. The number of amides is 1. The molecule has 1 aromatic heterocycles. The van der Waals surface area contributed by atoms with Crippen LogP contribution in [0.1, 0.15) is 42.1 Å². The molecule has 1 aliphatic rings. The maximum atomic E-state index is 13.0. The molecule has 4 rings (SSSR count). The van der Waals surface area contributed by atoms with Crippen LogP contribution in [0.2, 0.25) is 0 Å². The van der Waals surface area contributed by atoms with Crippen LogP contribution in [0.15, 0.2) is 52.9 Å². The minimum atomic E-state index is 0.0498. The largest absolute Gasteiger partial charge is 0.441 e. The van der Waals surface area contributed by atoms with Crippen molar-refractivity contribution >= 4 is 17.0 Å². The zero-order chi connectivity index (χ0) is 21.1. The van der Waals surface area contributed by atoms with Crippen molar-refractivity contribution in [3.05, 3.63) is 65.5 Å². The number of fused-ring (bicyclic) bond motifs is 1. The Kier molecular flexibility index (Phi) is 6.18. The Balaban J connectivity index is 1.39. The fourth-order valence-electron chi connectivity index (χ4n) is 4.28. The number of aryl methyl sites for hydroxylation is 2. The SMILES string of the molecule is CC(C)N1CC[C@H](CN(C)C(=O)c2ccc3oc(CCc4ccccc4)nc3c2)C1. The minimum Gasteiger partial charge on any atom is -0.441 e. The Morgan fingerprint density at radius 2 is 2.00 bits per heavy atom. The lowest BCUT2D eigenvalue weighted by atomic mass is 10.1. The van der Waals surface area contributed by atoms with Gasteiger partial charge in [0.1, 0.15) is 5.52 Å². The summed E-state index contributed by atoms with van der Waals surface area (Å²) < 4.78 is 5.89. The first-order chi connectivity index (χ1) is 14.5. The van der Waals surface area contributed by atoms with Crippen LogP contribution < -0.4 is 0 Å². The summed E-state index contributed by atoms with van der Waals surface area (Å²) in [7, 11) is 1.90. The summed E-state index contributed by atoms with van der Waals surface area (Å²) in [5.41, 5.74) is 3.43. The number of rotatable bonds is 7. The lowest BCUT2D eigenvalue weighted by molar-refractivity contribution is 0.0772. The van der Waals surface area contributed by atoms with E-state index in [4.69, 9.17) is 4.42 Å². The van der Waals surface area contributed by atoms with Gasteiger partial charge in [-0.3, -0.25) is 4.79 Å². The number of likely N-dealkylation sites (tertiary alicyclic amines) is 1. The lowest BCUT2D eigenvalue weighted by Crippen LogP contribution is -2.34. The van der Waals surface area contributed by atoms with E-state index in [2.05, 4.69) is 35.9 Å². The van der Waals surface area contributed by atoms with Gasteiger partial charge in [-0.2, -0.15) is 0 Å². The van der Waals surface area contributed by atoms with Gasteiger partial charge in [0.2, 0.25) is 0 Å². The fourth-order valence-corrected chi connectivity index (χ4v) is 4.28. The van der Waals surface area contributed by atoms with Gasteiger partial charge in [-0.1, -0.05) is 30.3 Å². The van der Waals surface area contributed by atoms with Crippen LogP contribution in [-0.2, 0) is 12.8 Å². The van der Waals surface area contributed by atoms with Crippen molar-refractivity contribution in [1.29, 1.82) is 0 Å². The van der Waals surface area contributed by atoms with Crippen LogP contribution in [0.25, 0.3) is 11.1 Å². The molecule has 1 amide bonds. The van der Waals surface area contributed by atoms with Gasteiger partial charge in [0.05, 0.1) is 0 Å². The molecule has 2 aromatic carbocycles. The molecule has 0 saturated carbocycles. The van der Waals surface area contributed by atoms with Gasteiger partial charge in [-0.25, -0.2) is 4.98 Å². The van der Waals surface area contributed by atoms with Crippen molar-refractivity contribution in [2.75, 3.05) is 26.7 Å². The van der Waals surface area contributed by atoms with E-state index in [1.54, 1.807) is 0 Å². The molecule has 0 spiro atoms. The van der Waals surface area contributed by atoms with Gasteiger partial charge >= 0.3 is 0 Å². The molecule has 0 aliphatic carbocycles. The van der Waals surface area contributed by atoms with Crippen molar-refractivity contribution in [1.82, 2.24) is 14.8 Å². The van der Waals surface area contributed by atoms with E-state index in [9.17, 15) is 4.79 Å². The van der Waals surface area contributed by atoms with Crippen LogP contribution in [0.3, 0.4) is 0 Å².